The Morgan fingerprint density at radius 3 is 2.32 bits per heavy atom. The smallest absolute Gasteiger partial charge is 0.259 e. The third-order valence-electron chi connectivity index (χ3n) is 6.49. The summed E-state index contributed by atoms with van der Waals surface area (Å²) in [6.07, 6.45) is 0. The van der Waals surface area contributed by atoms with Crippen molar-refractivity contribution in [1.82, 2.24) is 9.47 Å². The highest BCUT2D eigenvalue weighted by Gasteiger charge is 2.32. The monoisotopic (exact) mass is 465 g/mol. The summed E-state index contributed by atoms with van der Waals surface area (Å²) in [6.45, 7) is 9.24. The van der Waals surface area contributed by atoms with Crippen molar-refractivity contribution in [2.24, 2.45) is 0 Å². The molecule has 0 saturated carbocycles. The van der Waals surface area contributed by atoms with Gasteiger partial charge in [0, 0.05) is 38.4 Å². The van der Waals surface area contributed by atoms with Crippen LogP contribution < -0.4 is 15.2 Å². The molecule has 0 radical (unpaired) electrons. The lowest BCUT2D eigenvalue weighted by Gasteiger charge is -2.40. The van der Waals surface area contributed by atoms with Crippen LogP contribution in [-0.2, 0) is 6.54 Å². The van der Waals surface area contributed by atoms with Crippen molar-refractivity contribution in [1.29, 1.82) is 0 Å². The number of benzene rings is 2. The van der Waals surface area contributed by atoms with E-state index in [1.54, 1.807) is 22.8 Å². The number of anilines is 1. The number of piperazine rings is 1. The van der Waals surface area contributed by atoms with Gasteiger partial charge < -0.3 is 19.3 Å². The van der Waals surface area contributed by atoms with Crippen molar-refractivity contribution in [3.63, 3.8) is 0 Å². The number of aromatic nitrogens is 1. The molecule has 1 aromatic heterocycles. The lowest BCUT2D eigenvalue weighted by molar-refractivity contribution is 0.207. The maximum atomic E-state index is 14.3. The molecule has 3 aromatic rings. The fraction of sp³-hybridized carbons (Fsp3) is 0.370. The first kappa shape index (κ1) is 23.8. The van der Waals surface area contributed by atoms with E-state index < -0.39 is 6.04 Å². The van der Waals surface area contributed by atoms with Crippen molar-refractivity contribution < 1.29 is 14.2 Å². The molecule has 34 heavy (non-hydrogen) atoms. The lowest BCUT2D eigenvalue weighted by Crippen LogP contribution is -2.49. The molecule has 0 spiro atoms. The number of ether oxygens (including phenoxy) is 1. The Balaban J connectivity index is 1.71. The van der Waals surface area contributed by atoms with E-state index in [4.69, 9.17) is 4.74 Å². The quantitative estimate of drug-likeness (QED) is 0.563. The van der Waals surface area contributed by atoms with Gasteiger partial charge in [-0.05, 0) is 56.7 Å². The number of hydrogen-bond acceptors (Lipinski definition) is 5. The van der Waals surface area contributed by atoms with Gasteiger partial charge in [0.15, 0.2) is 0 Å². The van der Waals surface area contributed by atoms with E-state index in [1.165, 1.54) is 6.07 Å². The summed E-state index contributed by atoms with van der Waals surface area (Å²) in [5.74, 6) is 0.525. The first-order valence-corrected chi connectivity index (χ1v) is 11.8. The highest BCUT2D eigenvalue weighted by Crippen LogP contribution is 2.34. The zero-order chi connectivity index (χ0) is 24.2. The highest BCUT2D eigenvalue weighted by molar-refractivity contribution is 5.48. The maximum absolute atomic E-state index is 14.3. The summed E-state index contributed by atoms with van der Waals surface area (Å²) in [6, 6.07) is 15.7. The van der Waals surface area contributed by atoms with E-state index >= 15 is 0 Å². The van der Waals surface area contributed by atoms with Crippen LogP contribution in [0.25, 0.3) is 0 Å². The molecule has 2 heterocycles. The van der Waals surface area contributed by atoms with Gasteiger partial charge in [-0.3, -0.25) is 9.69 Å². The topological polar surface area (TPSA) is 57.9 Å². The van der Waals surface area contributed by atoms with Crippen LogP contribution in [0.4, 0.5) is 10.1 Å². The molecule has 0 bridgehead atoms. The Morgan fingerprint density at radius 2 is 1.71 bits per heavy atom. The van der Waals surface area contributed by atoms with Crippen LogP contribution in [0.15, 0.2) is 59.4 Å². The molecule has 0 amide bonds. The minimum absolute atomic E-state index is 0.00242. The summed E-state index contributed by atoms with van der Waals surface area (Å²) in [7, 11) is 0. The molecule has 6 nitrogen and oxygen atoms in total. The number of hydrogen-bond donors (Lipinski definition) is 1. The van der Waals surface area contributed by atoms with E-state index in [0.29, 0.717) is 50.6 Å². The van der Waals surface area contributed by atoms with Crippen LogP contribution in [0.3, 0.4) is 0 Å². The first-order valence-electron chi connectivity index (χ1n) is 11.8. The number of aromatic hydroxyl groups is 1. The number of rotatable bonds is 7. The molecule has 1 aliphatic rings. The van der Waals surface area contributed by atoms with E-state index in [-0.39, 0.29) is 17.1 Å². The first-order chi connectivity index (χ1) is 16.4. The van der Waals surface area contributed by atoms with Crippen LogP contribution in [-0.4, -0.2) is 47.4 Å². The molecule has 0 unspecified atom stereocenters. The van der Waals surface area contributed by atoms with E-state index in [2.05, 4.69) is 4.90 Å². The second kappa shape index (κ2) is 10.3. The third kappa shape index (κ3) is 4.66. The van der Waals surface area contributed by atoms with Gasteiger partial charge >= 0.3 is 0 Å². The molecule has 4 rings (SSSR count). The van der Waals surface area contributed by atoms with Crippen molar-refractivity contribution in [3.05, 3.63) is 87.6 Å². The van der Waals surface area contributed by atoms with Crippen LogP contribution in [0.1, 0.15) is 36.7 Å². The van der Waals surface area contributed by atoms with Gasteiger partial charge in [-0.25, -0.2) is 4.39 Å². The van der Waals surface area contributed by atoms with E-state index in [9.17, 15) is 14.3 Å². The average molecular weight is 466 g/mol. The van der Waals surface area contributed by atoms with Crippen molar-refractivity contribution in [2.45, 2.75) is 33.4 Å². The maximum Gasteiger partial charge on any atom is 0.259 e. The average Bonchev–Trinajstić information content (AvgIpc) is 2.83. The van der Waals surface area contributed by atoms with Gasteiger partial charge in [0.05, 0.1) is 23.9 Å². The minimum Gasteiger partial charge on any atom is -0.507 e. The van der Waals surface area contributed by atoms with Gasteiger partial charge in [0.1, 0.15) is 17.3 Å². The molecule has 1 N–H and O–H groups in total. The third-order valence-corrected chi connectivity index (χ3v) is 6.49. The van der Waals surface area contributed by atoms with Crippen LogP contribution >= 0.6 is 0 Å². The van der Waals surface area contributed by atoms with Crippen molar-refractivity contribution in [2.75, 3.05) is 37.7 Å². The molecule has 7 heteroatoms. The Morgan fingerprint density at radius 1 is 1.03 bits per heavy atom. The van der Waals surface area contributed by atoms with Gasteiger partial charge in [-0.1, -0.05) is 24.3 Å². The number of para-hydroxylation sites is 1. The van der Waals surface area contributed by atoms with Crippen molar-refractivity contribution in [3.8, 4) is 11.5 Å². The second-order valence-electron chi connectivity index (χ2n) is 8.51. The largest absolute Gasteiger partial charge is 0.507 e. The van der Waals surface area contributed by atoms with Crippen LogP contribution in [0, 0.1) is 12.7 Å². The zero-order valence-electron chi connectivity index (χ0n) is 20.0. The van der Waals surface area contributed by atoms with Gasteiger partial charge in [-0.2, -0.15) is 0 Å². The fourth-order valence-corrected chi connectivity index (χ4v) is 4.82. The second-order valence-corrected chi connectivity index (χ2v) is 8.51. The predicted octanol–water partition coefficient (Wildman–Crippen LogP) is 4.33. The number of nitrogens with zero attached hydrogens (tertiary/aromatic N) is 3. The normalized spacial score (nSPS) is 15.4. The Kier molecular flexibility index (Phi) is 7.22. The molecule has 1 aliphatic heterocycles. The molecule has 0 aliphatic carbocycles. The summed E-state index contributed by atoms with van der Waals surface area (Å²) in [5, 5.41) is 10.9. The molecule has 2 aromatic carbocycles. The van der Waals surface area contributed by atoms with Crippen LogP contribution in [0.5, 0.6) is 11.5 Å². The predicted molar refractivity (Wildman–Crippen MR) is 132 cm³/mol. The Hall–Kier alpha value is -3.32. The molecular weight excluding hydrogens is 433 g/mol. The number of halogens is 1. The van der Waals surface area contributed by atoms with Gasteiger partial charge in [0.25, 0.3) is 5.56 Å². The summed E-state index contributed by atoms with van der Waals surface area (Å²) in [5.41, 5.74) is 2.41. The summed E-state index contributed by atoms with van der Waals surface area (Å²) in [4.78, 5) is 17.7. The lowest BCUT2D eigenvalue weighted by atomic mass is 9.95. The Labute approximate surface area is 199 Å². The fourth-order valence-electron chi connectivity index (χ4n) is 4.82. The van der Waals surface area contributed by atoms with Crippen molar-refractivity contribution >= 4 is 5.69 Å². The molecule has 1 atom stereocenters. The van der Waals surface area contributed by atoms with E-state index in [1.807, 2.05) is 56.0 Å². The SMILES string of the molecule is CCOc1ccc([C@@H](c2c(O)cc(C)n(CC)c2=O)N2CCN(c3ccccc3F)CC2)cc1. The summed E-state index contributed by atoms with van der Waals surface area (Å²) < 4.78 is 21.6. The number of pyridine rings is 1. The summed E-state index contributed by atoms with van der Waals surface area (Å²) >= 11 is 0. The highest BCUT2D eigenvalue weighted by atomic mass is 19.1. The molecule has 1 fully saturated rings. The molecule has 1 saturated heterocycles. The zero-order valence-corrected chi connectivity index (χ0v) is 20.0. The minimum atomic E-state index is -0.427. The molecular formula is C27H32FN3O3. The standard InChI is InChI=1S/C27H32FN3O3/c1-4-31-19(3)18-24(32)25(27(31)33)26(20-10-12-21(13-11-20)34-5-2)30-16-14-29(15-17-30)23-9-7-6-8-22(23)28/h6-13,18,26,32H,4-5,14-17H2,1-3H3/t26-/m0/s1. The van der Waals surface area contributed by atoms with Gasteiger partial charge in [0.2, 0.25) is 0 Å². The van der Waals surface area contributed by atoms with Crippen LogP contribution in [0.2, 0.25) is 0 Å². The van der Waals surface area contributed by atoms with E-state index in [0.717, 1.165) is 17.0 Å². The number of aryl methyl sites for hydroxylation is 1. The van der Waals surface area contributed by atoms with Gasteiger partial charge in [-0.15, -0.1) is 0 Å². The molecule has 180 valence electrons. The Bertz CT molecular complexity index is 1180.